The highest BCUT2D eigenvalue weighted by Gasteiger charge is 2.29. The molecule has 0 saturated carbocycles. The topological polar surface area (TPSA) is 76.4 Å². The highest BCUT2D eigenvalue weighted by atomic mass is 79.9. The maximum atomic E-state index is 6.33. The second-order valence-electron chi connectivity index (χ2n) is 4.23. The molecule has 1 heterocycles. The van der Waals surface area contributed by atoms with Crippen LogP contribution in [0.3, 0.4) is 0 Å². The van der Waals surface area contributed by atoms with E-state index in [0.29, 0.717) is 5.96 Å². The third-order valence-electron chi connectivity index (χ3n) is 2.70. The van der Waals surface area contributed by atoms with Crippen LogP contribution in [0.5, 0.6) is 0 Å². The van der Waals surface area contributed by atoms with Gasteiger partial charge in [-0.15, -0.1) is 0 Å². The minimum atomic E-state index is -0.896. The van der Waals surface area contributed by atoms with Gasteiger partial charge >= 0.3 is 0 Å². The molecule has 1 aromatic rings. The zero-order valence-electron chi connectivity index (χ0n) is 9.79. The fourth-order valence-electron chi connectivity index (χ4n) is 1.99. The molecule has 0 amide bonds. The van der Waals surface area contributed by atoms with Crippen LogP contribution in [0.1, 0.15) is 18.1 Å². The van der Waals surface area contributed by atoms with Crippen LogP contribution in [0, 0.1) is 6.92 Å². The summed E-state index contributed by atoms with van der Waals surface area (Å²) in [6, 6.07) is 5.96. The number of allylic oxidation sites excluding steroid dienone is 1. The first kappa shape index (κ1) is 12.1. The van der Waals surface area contributed by atoms with Crippen LogP contribution in [0.25, 0.3) is 0 Å². The van der Waals surface area contributed by atoms with Gasteiger partial charge in [-0.25, -0.2) is 4.99 Å². The lowest BCUT2D eigenvalue weighted by Crippen LogP contribution is -2.44. The van der Waals surface area contributed by atoms with Crippen molar-refractivity contribution in [3.8, 4) is 0 Å². The Hall–Kier alpha value is -1.33. The first-order valence-corrected chi connectivity index (χ1v) is 6.07. The number of aryl methyl sites for hydroxylation is 1. The number of hydrogen-bond acceptors (Lipinski definition) is 4. The van der Waals surface area contributed by atoms with E-state index in [-0.39, 0.29) is 0 Å². The highest BCUT2D eigenvalue weighted by Crippen LogP contribution is 2.29. The number of rotatable bonds is 1. The first-order valence-electron chi connectivity index (χ1n) is 5.28. The minimum Gasteiger partial charge on any atom is -0.370 e. The number of benzene rings is 1. The molecular formula is C12H15BrN4. The van der Waals surface area contributed by atoms with Gasteiger partial charge < -0.3 is 11.1 Å². The molecular weight excluding hydrogens is 280 g/mol. The van der Waals surface area contributed by atoms with Crippen molar-refractivity contribution in [3.63, 3.8) is 0 Å². The van der Waals surface area contributed by atoms with Crippen molar-refractivity contribution in [3.05, 3.63) is 45.6 Å². The van der Waals surface area contributed by atoms with Gasteiger partial charge in [-0.1, -0.05) is 22.0 Å². The molecule has 17 heavy (non-hydrogen) atoms. The molecule has 0 fully saturated rings. The molecule has 90 valence electrons. The molecule has 5 heteroatoms. The molecule has 1 aromatic carbocycles. The van der Waals surface area contributed by atoms with Crippen molar-refractivity contribution in [2.45, 2.75) is 19.5 Å². The molecule has 5 N–H and O–H groups in total. The van der Waals surface area contributed by atoms with Crippen LogP contribution in [0.15, 0.2) is 39.4 Å². The number of nitrogens with two attached hydrogens (primary N) is 2. The van der Waals surface area contributed by atoms with E-state index in [0.717, 1.165) is 21.3 Å². The molecule has 0 aromatic heterocycles. The summed E-state index contributed by atoms with van der Waals surface area (Å²) in [7, 11) is 0. The van der Waals surface area contributed by atoms with E-state index in [1.54, 1.807) is 0 Å². The predicted molar refractivity (Wildman–Crippen MR) is 73.3 cm³/mol. The Morgan fingerprint density at radius 2 is 2.06 bits per heavy atom. The Morgan fingerprint density at radius 1 is 1.35 bits per heavy atom. The fraction of sp³-hybridized carbons (Fsp3) is 0.250. The van der Waals surface area contributed by atoms with Crippen LogP contribution >= 0.6 is 15.9 Å². The van der Waals surface area contributed by atoms with Crippen LogP contribution in [-0.4, -0.2) is 5.96 Å². The van der Waals surface area contributed by atoms with Crippen LogP contribution in [-0.2, 0) is 5.66 Å². The SMILES string of the molecule is CC1=CC(N)(c2cc(Br)ccc2C)N=C(N)N1. The number of aliphatic imine (C=N–C) groups is 1. The molecule has 1 aliphatic heterocycles. The third kappa shape index (κ3) is 2.35. The predicted octanol–water partition coefficient (Wildman–Crippen LogP) is 1.69. The van der Waals surface area contributed by atoms with Gasteiger partial charge in [-0.2, -0.15) is 0 Å². The summed E-state index contributed by atoms with van der Waals surface area (Å²) in [5, 5.41) is 2.94. The van der Waals surface area contributed by atoms with Crippen molar-refractivity contribution >= 4 is 21.9 Å². The number of hydrogen-bond donors (Lipinski definition) is 3. The van der Waals surface area contributed by atoms with Crippen LogP contribution < -0.4 is 16.8 Å². The van der Waals surface area contributed by atoms with E-state index in [1.807, 2.05) is 38.1 Å². The van der Waals surface area contributed by atoms with Gasteiger partial charge in [0, 0.05) is 15.7 Å². The van der Waals surface area contributed by atoms with Gasteiger partial charge in [0.25, 0.3) is 0 Å². The Balaban J connectivity index is 2.58. The van der Waals surface area contributed by atoms with Crippen molar-refractivity contribution in [2.75, 3.05) is 0 Å². The average Bonchev–Trinajstić information content (AvgIpc) is 2.19. The smallest absolute Gasteiger partial charge is 0.195 e. The monoisotopic (exact) mass is 294 g/mol. The van der Waals surface area contributed by atoms with Crippen LogP contribution in [0.4, 0.5) is 0 Å². The lowest BCUT2D eigenvalue weighted by Gasteiger charge is -2.29. The Bertz CT molecular complexity index is 501. The van der Waals surface area contributed by atoms with Crippen molar-refractivity contribution < 1.29 is 0 Å². The summed E-state index contributed by atoms with van der Waals surface area (Å²) < 4.78 is 0.973. The summed E-state index contributed by atoms with van der Waals surface area (Å²) in [4.78, 5) is 4.30. The van der Waals surface area contributed by atoms with Gasteiger partial charge in [0.05, 0.1) is 0 Å². The Labute approximate surface area is 109 Å². The van der Waals surface area contributed by atoms with Gasteiger partial charge in [0.15, 0.2) is 11.6 Å². The van der Waals surface area contributed by atoms with Gasteiger partial charge in [-0.05, 0) is 37.6 Å². The van der Waals surface area contributed by atoms with E-state index in [4.69, 9.17) is 11.5 Å². The molecule has 2 rings (SSSR count). The summed E-state index contributed by atoms with van der Waals surface area (Å²) >= 11 is 3.45. The summed E-state index contributed by atoms with van der Waals surface area (Å²) in [6.07, 6.45) is 1.87. The lowest BCUT2D eigenvalue weighted by atomic mass is 9.94. The fourth-order valence-corrected chi connectivity index (χ4v) is 2.35. The van der Waals surface area contributed by atoms with Gasteiger partial charge in [-0.3, -0.25) is 5.73 Å². The Kier molecular flexibility index (Phi) is 2.97. The molecule has 0 saturated heterocycles. The summed E-state index contributed by atoms with van der Waals surface area (Å²) in [5.41, 5.74) is 14.1. The van der Waals surface area contributed by atoms with E-state index >= 15 is 0 Å². The largest absolute Gasteiger partial charge is 0.370 e. The number of nitrogens with zero attached hydrogens (tertiary/aromatic N) is 1. The summed E-state index contributed by atoms with van der Waals surface area (Å²) in [6.45, 7) is 3.92. The molecule has 0 aliphatic carbocycles. The number of guanidine groups is 1. The van der Waals surface area contributed by atoms with Gasteiger partial charge in [0.2, 0.25) is 0 Å². The molecule has 0 spiro atoms. The van der Waals surface area contributed by atoms with E-state index in [1.165, 1.54) is 0 Å². The van der Waals surface area contributed by atoms with Gasteiger partial charge in [0.1, 0.15) is 0 Å². The first-order chi connectivity index (χ1) is 7.90. The average molecular weight is 295 g/mol. The van der Waals surface area contributed by atoms with Crippen molar-refractivity contribution in [1.29, 1.82) is 0 Å². The number of halogens is 1. The zero-order chi connectivity index (χ0) is 12.6. The van der Waals surface area contributed by atoms with E-state index < -0.39 is 5.66 Å². The lowest BCUT2D eigenvalue weighted by molar-refractivity contribution is 0.569. The number of nitrogens with one attached hydrogen (secondary N) is 1. The Morgan fingerprint density at radius 3 is 2.71 bits per heavy atom. The van der Waals surface area contributed by atoms with E-state index in [9.17, 15) is 0 Å². The zero-order valence-corrected chi connectivity index (χ0v) is 11.4. The maximum absolute atomic E-state index is 6.33. The normalized spacial score (nSPS) is 23.8. The molecule has 1 aliphatic rings. The third-order valence-corrected chi connectivity index (χ3v) is 3.19. The van der Waals surface area contributed by atoms with Crippen molar-refractivity contribution in [1.82, 2.24) is 5.32 Å². The molecule has 4 nitrogen and oxygen atoms in total. The standard InChI is InChI=1S/C12H15BrN4/c1-7-3-4-9(13)5-10(7)12(15)6-8(2)16-11(14)17-12/h3-6H,15H2,1-2H3,(H3,14,16,17). The highest BCUT2D eigenvalue weighted by molar-refractivity contribution is 9.10. The second kappa shape index (κ2) is 4.16. The molecule has 1 atom stereocenters. The summed E-state index contributed by atoms with van der Waals surface area (Å²) in [5.74, 6) is 0.340. The quantitative estimate of drug-likeness (QED) is 0.738. The second-order valence-corrected chi connectivity index (χ2v) is 5.15. The molecule has 1 unspecified atom stereocenters. The maximum Gasteiger partial charge on any atom is 0.195 e. The van der Waals surface area contributed by atoms with Crippen LogP contribution in [0.2, 0.25) is 0 Å². The van der Waals surface area contributed by atoms with E-state index in [2.05, 4.69) is 26.2 Å². The molecule has 0 bridgehead atoms. The minimum absolute atomic E-state index is 0.340. The molecule has 0 radical (unpaired) electrons. The van der Waals surface area contributed by atoms with Crippen molar-refractivity contribution in [2.24, 2.45) is 16.5 Å².